The summed E-state index contributed by atoms with van der Waals surface area (Å²) in [7, 11) is 0. The highest BCUT2D eigenvalue weighted by Crippen LogP contribution is 2.17. The lowest BCUT2D eigenvalue weighted by atomic mass is 10.1. The molecule has 0 atom stereocenters. The molecule has 1 heterocycles. The number of nitrogens with one attached hydrogen (secondary N) is 1. The first-order chi connectivity index (χ1) is 14.3. The Hall–Kier alpha value is -3.13. The van der Waals surface area contributed by atoms with Gasteiger partial charge in [-0.3, -0.25) is 9.69 Å². The Morgan fingerprint density at radius 2 is 1.77 bits per heavy atom. The van der Waals surface area contributed by atoms with E-state index in [1.54, 1.807) is 12.1 Å². The Morgan fingerprint density at radius 1 is 1.07 bits per heavy atom. The van der Waals surface area contributed by atoms with Gasteiger partial charge in [0.25, 0.3) is 5.91 Å². The van der Waals surface area contributed by atoms with Gasteiger partial charge < -0.3 is 9.73 Å². The number of rotatable bonds is 8. The third kappa shape index (κ3) is 5.70. The van der Waals surface area contributed by atoms with Gasteiger partial charge >= 0.3 is 0 Å². The number of hydrogen-bond acceptors (Lipinski definition) is 4. The Labute approximate surface area is 172 Å². The first kappa shape index (κ1) is 21.6. The molecule has 5 nitrogen and oxygen atoms in total. The highest BCUT2D eigenvalue weighted by molar-refractivity contribution is 5.91. The fourth-order valence-corrected chi connectivity index (χ4v) is 2.83. The van der Waals surface area contributed by atoms with Gasteiger partial charge in [0.1, 0.15) is 23.7 Å². The molecule has 2 aromatic carbocycles. The summed E-state index contributed by atoms with van der Waals surface area (Å²) in [6, 6.07) is 9.30. The van der Waals surface area contributed by atoms with Crippen molar-refractivity contribution < 1.29 is 22.4 Å². The molecule has 3 rings (SSSR count). The van der Waals surface area contributed by atoms with Gasteiger partial charge in [-0.25, -0.2) is 18.2 Å². The molecule has 8 heteroatoms. The van der Waals surface area contributed by atoms with Gasteiger partial charge in [0, 0.05) is 30.8 Å². The maximum absolute atomic E-state index is 14.0. The molecular weight excluding hydrogens is 395 g/mol. The number of halogens is 3. The molecule has 0 fully saturated rings. The molecule has 0 aliphatic rings. The highest BCUT2D eigenvalue weighted by atomic mass is 19.1. The van der Waals surface area contributed by atoms with E-state index in [0.717, 1.165) is 11.6 Å². The number of carbonyl (C=O) groups is 1. The molecule has 158 valence electrons. The van der Waals surface area contributed by atoms with Crippen LogP contribution in [0.5, 0.6) is 0 Å². The van der Waals surface area contributed by atoms with Gasteiger partial charge in [0.2, 0.25) is 5.89 Å². The predicted octanol–water partition coefficient (Wildman–Crippen LogP) is 4.43. The Bertz CT molecular complexity index is 1000. The fraction of sp³-hybridized carbons (Fsp3) is 0.273. The number of nitrogens with zero attached hydrogens (tertiary/aromatic N) is 2. The lowest BCUT2D eigenvalue weighted by Crippen LogP contribution is -2.30. The zero-order valence-electron chi connectivity index (χ0n) is 16.7. The van der Waals surface area contributed by atoms with Gasteiger partial charge in [-0.15, -0.1) is 0 Å². The van der Waals surface area contributed by atoms with Crippen LogP contribution in [0.2, 0.25) is 0 Å². The van der Waals surface area contributed by atoms with E-state index in [-0.39, 0.29) is 37.2 Å². The number of hydrogen-bond donors (Lipinski definition) is 1. The van der Waals surface area contributed by atoms with Crippen molar-refractivity contribution in [3.8, 4) is 0 Å². The van der Waals surface area contributed by atoms with Crippen LogP contribution in [0.15, 0.2) is 53.1 Å². The molecule has 3 aromatic rings. The summed E-state index contributed by atoms with van der Waals surface area (Å²) in [5, 5.41) is 2.69. The van der Waals surface area contributed by atoms with Gasteiger partial charge in [0.05, 0.1) is 6.54 Å². The molecule has 0 bridgehead atoms. The minimum Gasteiger partial charge on any atom is -0.447 e. The topological polar surface area (TPSA) is 58.4 Å². The highest BCUT2D eigenvalue weighted by Gasteiger charge is 2.18. The van der Waals surface area contributed by atoms with E-state index < -0.39 is 17.5 Å². The number of oxazole rings is 1. The predicted molar refractivity (Wildman–Crippen MR) is 105 cm³/mol. The zero-order valence-corrected chi connectivity index (χ0v) is 16.7. The summed E-state index contributed by atoms with van der Waals surface area (Å²) < 4.78 is 45.5. The molecule has 0 aliphatic heterocycles. The zero-order chi connectivity index (χ0) is 21.7. The molecule has 1 N–H and O–H groups in total. The van der Waals surface area contributed by atoms with Gasteiger partial charge in [0.15, 0.2) is 5.69 Å². The summed E-state index contributed by atoms with van der Waals surface area (Å²) in [6.07, 6.45) is 1.26. The van der Waals surface area contributed by atoms with Crippen LogP contribution in [0.1, 0.15) is 41.4 Å². The fourth-order valence-electron chi connectivity index (χ4n) is 2.83. The van der Waals surface area contributed by atoms with Crippen LogP contribution in [0.4, 0.5) is 13.2 Å². The van der Waals surface area contributed by atoms with Crippen LogP contribution in [0, 0.1) is 17.5 Å². The summed E-state index contributed by atoms with van der Waals surface area (Å²) >= 11 is 0. The van der Waals surface area contributed by atoms with Crippen molar-refractivity contribution in [1.29, 1.82) is 0 Å². The van der Waals surface area contributed by atoms with Crippen LogP contribution < -0.4 is 5.32 Å². The lowest BCUT2D eigenvalue weighted by molar-refractivity contribution is 0.0945. The van der Waals surface area contributed by atoms with Crippen molar-refractivity contribution in [2.24, 2.45) is 0 Å². The minimum absolute atomic E-state index is 0.0251. The first-order valence-corrected chi connectivity index (χ1v) is 9.47. The first-order valence-electron chi connectivity index (χ1n) is 9.47. The number of carbonyl (C=O) groups excluding carboxylic acids is 1. The van der Waals surface area contributed by atoms with Crippen LogP contribution >= 0.6 is 0 Å². The molecule has 0 saturated carbocycles. The summed E-state index contributed by atoms with van der Waals surface area (Å²) in [6.45, 7) is 4.57. The standard InChI is InChI=1S/C22H22F3N3O2/c1-14(2)28(11-16-5-8-18(24)9-19(16)25)12-21-27-20(13-30-21)22(29)26-10-15-3-6-17(23)7-4-15/h3-9,13-14H,10-12H2,1-2H3,(H,26,29). The van der Waals surface area contributed by atoms with Crippen molar-refractivity contribution in [2.45, 2.75) is 39.5 Å². The quantitative estimate of drug-likeness (QED) is 0.589. The molecule has 0 aliphatic carbocycles. The van der Waals surface area contributed by atoms with E-state index in [1.807, 2.05) is 18.7 Å². The average molecular weight is 417 g/mol. The summed E-state index contributed by atoms with van der Waals surface area (Å²) in [5.74, 6) is -1.71. The Morgan fingerprint density at radius 3 is 2.43 bits per heavy atom. The molecule has 1 aromatic heterocycles. The second-order valence-corrected chi connectivity index (χ2v) is 7.17. The van der Waals surface area contributed by atoms with Crippen LogP contribution in [0.25, 0.3) is 0 Å². The minimum atomic E-state index is -0.628. The van der Waals surface area contributed by atoms with Crippen LogP contribution in [-0.4, -0.2) is 21.8 Å². The van der Waals surface area contributed by atoms with Crippen molar-refractivity contribution in [3.63, 3.8) is 0 Å². The van der Waals surface area contributed by atoms with E-state index in [1.165, 1.54) is 30.5 Å². The van der Waals surface area contributed by atoms with Gasteiger partial charge in [-0.2, -0.15) is 0 Å². The van der Waals surface area contributed by atoms with Crippen LogP contribution in [-0.2, 0) is 19.6 Å². The average Bonchev–Trinajstić information content (AvgIpc) is 3.17. The molecule has 0 spiro atoms. The molecule has 1 amide bonds. The second-order valence-electron chi connectivity index (χ2n) is 7.17. The molecule has 0 unspecified atom stereocenters. The smallest absolute Gasteiger partial charge is 0.273 e. The maximum atomic E-state index is 14.0. The maximum Gasteiger partial charge on any atom is 0.273 e. The SMILES string of the molecule is CC(C)N(Cc1nc(C(=O)NCc2ccc(F)cc2)co1)Cc1ccc(F)cc1F. The Kier molecular flexibility index (Phi) is 6.89. The lowest BCUT2D eigenvalue weighted by Gasteiger charge is -2.25. The summed E-state index contributed by atoms with van der Waals surface area (Å²) in [5.41, 5.74) is 1.22. The Balaban J connectivity index is 1.61. The summed E-state index contributed by atoms with van der Waals surface area (Å²) in [4.78, 5) is 18.4. The number of benzene rings is 2. The van der Waals surface area contributed by atoms with E-state index in [2.05, 4.69) is 10.3 Å². The monoisotopic (exact) mass is 417 g/mol. The second kappa shape index (κ2) is 9.58. The molecular formula is C22H22F3N3O2. The molecule has 0 radical (unpaired) electrons. The van der Waals surface area contributed by atoms with Crippen molar-refractivity contribution in [1.82, 2.24) is 15.2 Å². The van der Waals surface area contributed by atoms with Crippen molar-refractivity contribution >= 4 is 5.91 Å². The van der Waals surface area contributed by atoms with Gasteiger partial charge in [-0.05, 0) is 37.6 Å². The third-order valence-electron chi connectivity index (χ3n) is 4.61. The number of amides is 1. The van der Waals surface area contributed by atoms with Crippen LogP contribution in [0.3, 0.4) is 0 Å². The van der Waals surface area contributed by atoms with E-state index in [0.29, 0.717) is 11.5 Å². The molecule has 30 heavy (non-hydrogen) atoms. The van der Waals surface area contributed by atoms with Gasteiger partial charge in [-0.1, -0.05) is 18.2 Å². The van der Waals surface area contributed by atoms with Crippen molar-refractivity contribution in [3.05, 3.63) is 88.9 Å². The van der Waals surface area contributed by atoms with Crippen molar-refractivity contribution in [2.75, 3.05) is 0 Å². The largest absolute Gasteiger partial charge is 0.447 e. The normalized spacial score (nSPS) is 11.3. The van der Waals surface area contributed by atoms with E-state index in [9.17, 15) is 18.0 Å². The van der Waals surface area contributed by atoms with E-state index >= 15 is 0 Å². The number of aromatic nitrogens is 1. The third-order valence-corrected chi connectivity index (χ3v) is 4.61. The van der Waals surface area contributed by atoms with E-state index in [4.69, 9.17) is 4.42 Å². The molecule has 0 saturated heterocycles.